The van der Waals surface area contributed by atoms with Gasteiger partial charge in [0.25, 0.3) is 0 Å². The fourth-order valence-electron chi connectivity index (χ4n) is 3.00. The van der Waals surface area contributed by atoms with E-state index in [0.29, 0.717) is 0 Å². The molecule has 0 N–H and O–H groups in total. The Morgan fingerprint density at radius 2 is 1.95 bits per heavy atom. The van der Waals surface area contributed by atoms with Crippen LogP contribution in [-0.4, -0.2) is 25.1 Å². The van der Waals surface area contributed by atoms with Crippen LogP contribution >= 0.6 is 0 Å². The fourth-order valence-corrected chi connectivity index (χ4v) is 3.00. The number of hydrogen-bond acceptors (Lipinski definition) is 2. The summed E-state index contributed by atoms with van der Waals surface area (Å²) >= 11 is 0. The Bertz CT molecular complexity index is 461. The summed E-state index contributed by atoms with van der Waals surface area (Å²) in [7, 11) is 1.70. The van der Waals surface area contributed by atoms with E-state index < -0.39 is 0 Å². The van der Waals surface area contributed by atoms with E-state index >= 15 is 0 Å². The third-order valence-corrected chi connectivity index (χ3v) is 4.57. The minimum atomic E-state index is -0.0384. The molecule has 110 valence electrons. The molecule has 0 spiro atoms. The predicted molar refractivity (Wildman–Crippen MR) is 85.1 cm³/mol. The molecule has 1 aliphatic heterocycles. The van der Waals surface area contributed by atoms with Crippen LogP contribution < -0.4 is 4.74 Å². The first-order chi connectivity index (χ1) is 9.45. The van der Waals surface area contributed by atoms with Crippen LogP contribution in [0.1, 0.15) is 39.2 Å². The van der Waals surface area contributed by atoms with Crippen LogP contribution in [0.3, 0.4) is 0 Å². The highest BCUT2D eigenvalue weighted by molar-refractivity contribution is 5.36. The number of hydrogen-bond donors (Lipinski definition) is 0. The molecule has 0 amide bonds. The van der Waals surface area contributed by atoms with Gasteiger partial charge < -0.3 is 9.64 Å². The molecule has 0 aliphatic carbocycles. The normalized spacial score (nSPS) is 19.8. The standard InChI is InChI=1S/C18H27NO/c1-14-7-6-12-19(13-14)15(2)18(3,4)16-8-10-17(20-5)11-9-16/h8-11,14H,2,6-7,12-13H2,1,3-5H3. The van der Waals surface area contributed by atoms with Crippen molar-refractivity contribution < 1.29 is 4.74 Å². The minimum Gasteiger partial charge on any atom is -0.497 e. The number of piperidine rings is 1. The first-order valence-electron chi connectivity index (χ1n) is 7.54. The topological polar surface area (TPSA) is 12.5 Å². The molecule has 1 aliphatic rings. The molecule has 0 aromatic heterocycles. The molecule has 1 atom stereocenters. The van der Waals surface area contributed by atoms with Crippen molar-refractivity contribution in [1.29, 1.82) is 0 Å². The summed E-state index contributed by atoms with van der Waals surface area (Å²) in [4.78, 5) is 2.47. The summed E-state index contributed by atoms with van der Waals surface area (Å²) in [6.07, 6.45) is 2.62. The van der Waals surface area contributed by atoms with Gasteiger partial charge in [-0.15, -0.1) is 0 Å². The first-order valence-corrected chi connectivity index (χ1v) is 7.54. The Hall–Kier alpha value is -1.44. The van der Waals surface area contributed by atoms with E-state index in [2.05, 4.69) is 44.4 Å². The number of rotatable bonds is 4. The van der Waals surface area contributed by atoms with E-state index in [1.165, 1.54) is 24.1 Å². The first kappa shape index (κ1) is 15.0. The average molecular weight is 273 g/mol. The molecular formula is C18H27NO. The second-order valence-corrected chi connectivity index (χ2v) is 6.49. The van der Waals surface area contributed by atoms with Crippen LogP contribution in [0.4, 0.5) is 0 Å². The predicted octanol–water partition coefficient (Wildman–Crippen LogP) is 4.22. The summed E-state index contributed by atoms with van der Waals surface area (Å²) in [5, 5.41) is 0. The SMILES string of the molecule is C=C(N1CCCC(C)C1)C(C)(C)c1ccc(OC)cc1. The van der Waals surface area contributed by atoms with Gasteiger partial charge in [-0.05, 0) is 36.5 Å². The van der Waals surface area contributed by atoms with Crippen molar-refractivity contribution in [3.05, 3.63) is 42.1 Å². The highest BCUT2D eigenvalue weighted by Crippen LogP contribution is 2.35. The van der Waals surface area contributed by atoms with Gasteiger partial charge in [-0.3, -0.25) is 0 Å². The highest BCUT2D eigenvalue weighted by atomic mass is 16.5. The van der Waals surface area contributed by atoms with Crippen molar-refractivity contribution in [2.75, 3.05) is 20.2 Å². The quantitative estimate of drug-likeness (QED) is 0.814. The smallest absolute Gasteiger partial charge is 0.118 e. The van der Waals surface area contributed by atoms with Crippen molar-refractivity contribution in [3.63, 3.8) is 0 Å². The Morgan fingerprint density at radius 1 is 1.30 bits per heavy atom. The van der Waals surface area contributed by atoms with Crippen LogP contribution in [0, 0.1) is 5.92 Å². The second-order valence-electron chi connectivity index (χ2n) is 6.49. The lowest BCUT2D eigenvalue weighted by molar-refractivity contribution is 0.205. The van der Waals surface area contributed by atoms with Crippen LogP contribution in [0.25, 0.3) is 0 Å². The molecular weight excluding hydrogens is 246 g/mol. The number of likely N-dealkylation sites (tertiary alicyclic amines) is 1. The zero-order chi connectivity index (χ0) is 14.8. The number of nitrogens with zero attached hydrogens (tertiary/aromatic N) is 1. The van der Waals surface area contributed by atoms with Gasteiger partial charge in [0.2, 0.25) is 0 Å². The molecule has 1 saturated heterocycles. The Balaban J connectivity index is 2.17. The molecule has 1 heterocycles. The molecule has 1 aromatic rings. The molecule has 1 unspecified atom stereocenters. The van der Waals surface area contributed by atoms with Gasteiger partial charge in [-0.1, -0.05) is 39.5 Å². The van der Waals surface area contributed by atoms with Gasteiger partial charge in [0.05, 0.1) is 7.11 Å². The van der Waals surface area contributed by atoms with Crippen molar-refractivity contribution in [1.82, 2.24) is 4.90 Å². The van der Waals surface area contributed by atoms with Crippen molar-refractivity contribution in [3.8, 4) is 5.75 Å². The lowest BCUT2D eigenvalue weighted by atomic mass is 9.80. The zero-order valence-corrected chi connectivity index (χ0v) is 13.3. The molecule has 2 heteroatoms. The van der Waals surface area contributed by atoms with Crippen LogP contribution in [-0.2, 0) is 5.41 Å². The molecule has 1 fully saturated rings. The van der Waals surface area contributed by atoms with Crippen LogP contribution in [0.2, 0.25) is 0 Å². The fraction of sp³-hybridized carbons (Fsp3) is 0.556. The van der Waals surface area contributed by atoms with Gasteiger partial charge in [-0.25, -0.2) is 0 Å². The number of ether oxygens (including phenoxy) is 1. The summed E-state index contributed by atoms with van der Waals surface area (Å²) in [5.74, 6) is 1.67. The molecule has 0 radical (unpaired) electrons. The molecule has 1 aromatic carbocycles. The van der Waals surface area contributed by atoms with Gasteiger partial charge in [0.15, 0.2) is 0 Å². The largest absolute Gasteiger partial charge is 0.497 e. The molecule has 0 saturated carbocycles. The third-order valence-electron chi connectivity index (χ3n) is 4.57. The Morgan fingerprint density at radius 3 is 2.50 bits per heavy atom. The summed E-state index contributed by atoms with van der Waals surface area (Å²) in [6.45, 7) is 13.5. The summed E-state index contributed by atoms with van der Waals surface area (Å²) in [5.41, 5.74) is 2.49. The maximum absolute atomic E-state index is 5.24. The number of allylic oxidation sites excluding steroid dienone is 1. The van der Waals surface area contributed by atoms with Gasteiger partial charge in [-0.2, -0.15) is 0 Å². The number of methoxy groups -OCH3 is 1. The maximum Gasteiger partial charge on any atom is 0.118 e. The molecule has 20 heavy (non-hydrogen) atoms. The number of benzene rings is 1. The lowest BCUT2D eigenvalue weighted by Gasteiger charge is -2.41. The van der Waals surface area contributed by atoms with E-state index in [-0.39, 0.29) is 5.41 Å². The van der Waals surface area contributed by atoms with E-state index in [1.807, 2.05) is 12.1 Å². The van der Waals surface area contributed by atoms with Gasteiger partial charge >= 0.3 is 0 Å². The minimum absolute atomic E-state index is 0.0384. The molecule has 2 nitrogen and oxygen atoms in total. The molecule has 0 bridgehead atoms. The maximum atomic E-state index is 5.24. The summed E-state index contributed by atoms with van der Waals surface area (Å²) < 4.78 is 5.24. The van der Waals surface area contributed by atoms with Crippen molar-refractivity contribution in [2.24, 2.45) is 5.92 Å². The zero-order valence-electron chi connectivity index (χ0n) is 13.3. The summed E-state index contributed by atoms with van der Waals surface area (Å²) in [6, 6.07) is 8.36. The monoisotopic (exact) mass is 273 g/mol. The third kappa shape index (κ3) is 3.00. The van der Waals surface area contributed by atoms with Crippen molar-refractivity contribution >= 4 is 0 Å². The van der Waals surface area contributed by atoms with E-state index in [1.54, 1.807) is 7.11 Å². The van der Waals surface area contributed by atoms with E-state index in [0.717, 1.165) is 24.8 Å². The highest BCUT2D eigenvalue weighted by Gasteiger charge is 2.30. The van der Waals surface area contributed by atoms with E-state index in [4.69, 9.17) is 4.74 Å². The average Bonchev–Trinajstić information content (AvgIpc) is 2.46. The lowest BCUT2D eigenvalue weighted by Crippen LogP contribution is -2.39. The van der Waals surface area contributed by atoms with E-state index in [9.17, 15) is 0 Å². The van der Waals surface area contributed by atoms with Crippen molar-refractivity contribution in [2.45, 2.75) is 39.0 Å². The molecule has 2 rings (SSSR count). The Kier molecular flexibility index (Phi) is 4.42. The Labute approximate surface area is 123 Å². The van der Waals surface area contributed by atoms with Gasteiger partial charge in [0, 0.05) is 24.2 Å². The van der Waals surface area contributed by atoms with Crippen LogP contribution in [0.15, 0.2) is 36.5 Å². The second kappa shape index (κ2) is 5.90. The van der Waals surface area contributed by atoms with Gasteiger partial charge in [0.1, 0.15) is 5.75 Å². The van der Waals surface area contributed by atoms with Crippen LogP contribution in [0.5, 0.6) is 5.75 Å².